The molecule has 0 saturated carbocycles. The van der Waals surface area contributed by atoms with E-state index < -0.39 is 18.2 Å². The number of halogens is 3. The van der Waals surface area contributed by atoms with Crippen LogP contribution in [0.4, 0.5) is 0 Å². The fraction of sp³-hybridized carbons (Fsp3) is 0.800. The van der Waals surface area contributed by atoms with E-state index in [9.17, 15) is 0 Å². The lowest BCUT2D eigenvalue weighted by Gasteiger charge is -2.38. The van der Waals surface area contributed by atoms with Crippen molar-refractivity contribution in [1.82, 2.24) is 0 Å². The van der Waals surface area contributed by atoms with Crippen molar-refractivity contribution in [3.05, 3.63) is 12.2 Å². The van der Waals surface area contributed by atoms with Gasteiger partial charge in [0.15, 0.2) is 18.0 Å². The van der Waals surface area contributed by atoms with Gasteiger partial charge in [0.2, 0.25) is 0 Å². The molecule has 0 radical (unpaired) electrons. The molecular formula is C15H26Cl3NO3Si. The second kappa shape index (κ2) is 8.06. The maximum atomic E-state index is 7.83. The molecule has 1 aliphatic rings. The summed E-state index contributed by atoms with van der Waals surface area (Å²) in [4.78, 5) is 0. The minimum atomic E-state index is -1.87. The van der Waals surface area contributed by atoms with E-state index in [0.29, 0.717) is 13.2 Å². The first-order chi connectivity index (χ1) is 10.3. The fourth-order valence-corrected chi connectivity index (χ4v) is 3.12. The van der Waals surface area contributed by atoms with Gasteiger partial charge in [-0.2, -0.15) is 0 Å². The second-order valence-electron chi connectivity index (χ2n) is 7.17. The van der Waals surface area contributed by atoms with Gasteiger partial charge in [0.05, 0.1) is 19.6 Å². The Balaban J connectivity index is 2.63. The van der Waals surface area contributed by atoms with Crippen molar-refractivity contribution in [3.63, 3.8) is 0 Å². The Morgan fingerprint density at radius 1 is 1.30 bits per heavy atom. The highest BCUT2D eigenvalue weighted by Crippen LogP contribution is 2.37. The molecule has 1 aliphatic heterocycles. The van der Waals surface area contributed by atoms with Crippen molar-refractivity contribution in [2.24, 2.45) is 0 Å². The summed E-state index contributed by atoms with van der Waals surface area (Å²) in [6, 6.07) is 0. The quantitative estimate of drug-likeness (QED) is 0.229. The summed E-state index contributed by atoms with van der Waals surface area (Å²) < 4.78 is 16.0. The first-order valence-corrected chi connectivity index (χ1v) is 11.6. The highest BCUT2D eigenvalue weighted by atomic mass is 35.6. The van der Waals surface area contributed by atoms with Crippen LogP contribution in [0.3, 0.4) is 0 Å². The summed E-state index contributed by atoms with van der Waals surface area (Å²) >= 11 is 17.1. The molecule has 0 unspecified atom stereocenters. The molecule has 0 aliphatic carbocycles. The smallest absolute Gasteiger partial charge is 0.199 e. The van der Waals surface area contributed by atoms with Crippen LogP contribution in [0, 0.1) is 5.41 Å². The van der Waals surface area contributed by atoms with E-state index in [2.05, 4.69) is 33.9 Å². The molecule has 0 bridgehead atoms. The number of hydrogen-bond acceptors (Lipinski definition) is 4. The first-order valence-electron chi connectivity index (χ1n) is 7.55. The van der Waals surface area contributed by atoms with E-state index in [1.165, 1.54) is 0 Å². The molecular weight excluding hydrogens is 377 g/mol. The standard InChI is InChI=1S/C15H26Cl3NO3Si/c1-14(2,3)23(4,5)21-10-12-11(7-6-8-20-12)22-13(19)9-15(16,17)18/h6-7,11-12,19H,8-10H2,1-5H3/t11-,12+/m0/s1. The van der Waals surface area contributed by atoms with Crippen LogP contribution in [0.1, 0.15) is 27.2 Å². The summed E-state index contributed by atoms with van der Waals surface area (Å²) in [5.41, 5.74) is 0. The van der Waals surface area contributed by atoms with Crippen LogP contribution < -0.4 is 0 Å². The van der Waals surface area contributed by atoms with E-state index in [1.807, 2.05) is 12.2 Å². The number of nitrogens with one attached hydrogen (secondary N) is 1. The minimum Gasteiger partial charge on any atom is -0.471 e. The van der Waals surface area contributed by atoms with E-state index in [-0.39, 0.29) is 23.5 Å². The predicted molar refractivity (Wildman–Crippen MR) is 99.5 cm³/mol. The molecule has 0 spiro atoms. The summed E-state index contributed by atoms with van der Waals surface area (Å²) in [7, 11) is -1.87. The van der Waals surface area contributed by atoms with Gasteiger partial charge in [-0.25, -0.2) is 0 Å². The maximum Gasteiger partial charge on any atom is 0.199 e. The van der Waals surface area contributed by atoms with Gasteiger partial charge in [0.25, 0.3) is 0 Å². The number of hydrogen-bond donors (Lipinski definition) is 1. The Morgan fingerprint density at radius 2 is 1.91 bits per heavy atom. The number of ether oxygens (including phenoxy) is 2. The topological polar surface area (TPSA) is 51.5 Å². The van der Waals surface area contributed by atoms with Gasteiger partial charge in [-0.05, 0) is 24.2 Å². The third kappa shape index (κ3) is 7.32. The van der Waals surface area contributed by atoms with Gasteiger partial charge < -0.3 is 13.9 Å². The number of alkyl halides is 3. The molecule has 0 aromatic rings. The van der Waals surface area contributed by atoms with Crippen molar-refractivity contribution in [2.75, 3.05) is 13.2 Å². The third-order valence-electron chi connectivity index (χ3n) is 4.15. The second-order valence-corrected chi connectivity index (χ2v) is 14.5. The molecule has 0 saturated heterocycles. The highest BCUT2D eigenvalue weighted by Gasteiger charge is 2.39. The molecule has 1 heterocycles. The molecule has 0 fully saturated rings. The number of rotatable bonds is 5. The van der Waals surface area contributed by atoms with Gasteiger partial charge in [-0.15, -0.1) is 0 Å². The van der Waals surface area contributed by atoms with Gasteiger partial charge in [-0.1, -0.05) is 61.7 Å². The van der Waals surface area contributed by atoms with Crippen LogP contribution in [0.15, 0.2) is 12.2 Å². The average Bonchev–Trinajstić information content (AvgIpc) is 2.34. The zero-order valence-electron chi connectivity index (χ0n) is 14.3. The van der Waals surface area contributed by atoms with Gasteiger partial charge in [-0.3, -0.25) is 5.41 Å². The van der Waals surface area contributed by atoms with Crippen LogP contribution in [-0.2, 0) is 13.9 Å². The van der Waals surface area contributed by atoms with Crippen LogP contribution in [-0.4, -0.2) is 43.4 Å². The van der Waals surface area contributed by atoms with Gasteiger partial charge in [0.1, 0.15) is 12.2 Å². The lowest BCUT2D eigenvalue weighted by Crippen LogP contribution is -2.46. The van der Waals surface area contributed by atoms with E-state index in [0.717, 1.165) is 0 Å². The molecule has 134 valence electrons. The van der Waals surface area contributed by atoms with E-state index in [1.54, 1.807) is 0 Å². The Morgan fingerprint density at radius 3 is 2.43 bits per heavy atom. The maximum absolute atomic E-state index is 7.83. The van der Waals surface area contributed by atoms with E-state index >= 15 is 0 Å². The summed E-state index contributed by atoms with van der Waals surface area (Å²) in [5, 5.41) is 7.95. The molecule has 1 rings (SSSR count). The normalized spacial score (nSPS) is 23.0. The molecule has 2 atom stereocenters. The Kier molecular flexibility index (Phi) is 7.45. The zero-order valence-corrected chi connectivity index (χ0v) is 17.6. The largest absolute Gasteiger partial charge is 0.471 e. The van der Waals surface area contributed by atoms with Crippen molar-refractivity contribution in [3.8, 4) is 0 Å². The summed E-state index contributed by atoms with van der Waals surface area (Å²) in [5.74, 6) is -0.0810. The first kappa shape index (κ1) is 21.3. The monoisotopic (exact) mass is 401 g/mol. The van der Waals surface area contributed by atoms with Crippen LogP contribution in [0.25, 0.3) is 0 Å². The molecule has 0 aromatic heterocycles. The molecule has 4 nitrogen and oxygen atoms in total. The molecule has 0 amide bonds. The van der Waals surface area contributed by atoms with Crippen molar-refractivity contribution < 1.29 is 13.9 Å². The Labute approximate surface area is 155 Å². The predicted octanol–water partition coefficient (Wildman–Crippen LogP) is 5.09. The Hall–Kier alpha value is 0.217. The van der Waals surface area contributed by atoms with E-state index in [4.69, 9.17) is 54.1 Å². The Bertz CT molecular complexity index is 444. The highest BCUT2D eigenvalue weighted by molar-refractivity contribution is 6.74. The van der Waals surface area contributed by atoms with Crippen LogP contribution >= 0.6 is 34.8 Å². The minimum absolute atomic E-state index is 0.0810. The van der Waals surface area contributed by atoms with Gasteiger partial charge in [0, 0.05) is 0 Å². The molecule has 23 heavy (non-hydrogen) atoms. The molecule has 8 heteroatoms. The average molecular weight is 403 g/mol. The summed E-state index contributed by atoms with van der Waals surface area (Å²) in [6.07, 6.45) is 2.96. The van der Waals surface area contributed by atoms with Crippen molar-refractivity contribution in [2.45, 2.75) is 61.3 Å². The lowest BCUT2D eigenvalue weighted by atomic mass is 10.1. The molecule has 1 N–H and O–H groups in total. The zero-order chi connectivity index (χ0) is 17.9. The van der Waals surface area contributed by atoms with Crippen LogP contribution in [0.5, 0.6) is 0 Å². The van der Waals surface area contributed by atoms with Crippen LogP contribution in [0.2, 0.25) is 18.1 Å². The fourth-order valence-electron chi connectivity index (χ4n) is 1.74. The lowest BCUT2D eigenvalue weighted by molar-refractivity contribution is -0.0373. The third-order valence-corrected chi connectivity index (χ3v) is 9.05. The SMILES string of the molecule is CC(C)(C)[Si](C)(C)OC[C@H]1OCC=C[C@@H]1OC(=N)CC(Cl)(Cl)Cl. The van der Waals surface area contributed by atoms with Crippen molar-refractivity contribution in [1.29, 1.82) is 5.41 Å². The van der Waals surface area contributed by atoms with Crippen molar-refractivity contribution >= 4 is 49.0 Å². The van der Waals surface area contributed by atoms with Gasteiger partial charge >= 0.3 is 0 Å². The molecule has 0 aromatic carbocycles. The summed E-state index contributed by atoms with van der Waals surface area (Å²) in [6.45, 7) is 11.9.